The molecule has 154 valence electrons. The Morgan fingerprint density at radius 3 is 2.77 bits per heavy atom. The van der Waals surface area contributed by atoms with E-state index < -0.39 is 6.10 Å². The van der Waals surface area contributed by atoms with E-state index in [1.165, 1.54) is 11.1 Å². The first kappa shape index (κ1) is 19.0. The third-order valence-electron chi connectivity index (χ3n) is 6.09. The summed E-state index contributed by atoms with van der Waals surface area (Å²) >= 11 is 0. The van der Waals surface area contributed by atoms with Crippen LogP contribution in [0, 0.1) is 0 Å². The Morgan fingerprint density at radius 2 is 1.93 bits per heavy atom. The van der Waals surface area contributed by atoms with Crippen molar-refractivity contribution < 1.29 is 5.11 Å². The zero-order valence-electron chi connectivity index (χ0n) is 16.9. The van der Waals surface area contributed by atoms with E-state index in [1.54, 1.807) is 18.7 Å². The van der Waals surface area contributed by atoms with Crippen LogP contribution in [0.1, 0.15) is 17.5 Å². The van der Waals surface area contributed by atoms with Crippen LogP contribution in [0.5, 0.6) is 0 Å². The second kappa shape index (κ2) is 8.38. The highest BCUT2D eigenvalue weighted by molar-refractivity contribution is 5.58. The van der Waals surface area contributed by atoms with Gasteiger partial charge < -0.3 is 15.3 Å². The van der Waals surface area contributed by atoms with Crippen molar-refractivity contribution in [3.05, 3.63) is 72.3 Å². The molecule has 7 heteroatoms. The van der Waals surface area contributed by atoms with Gasteiger partial charge in [-0.2, -0.15) is 0 Å². The maximum atomic E-state index is 11.0. The summed E-state index contributed by atoms with van der Waals surface area (Å²) in [7, 11) is 0. The number of aromatic nitrogens is 3. The summed E-state index contributed by atoms with van der Waals surface area (Å²) in [5, 5.41) is 14.2. The molecular formula is C23H26N6O. The largest absolute Gasteiger partial charge is 0.390 e. The summed E-state index contributed by atoms with van der Waals surface area (Å²) in [4.78, 5) is 17.5. The Labute approximate surface area is 176 Å². The highest BCUT2D eigenvalue weighted by Gasteiger charge is 2.34. The smallest absolute Gasteiger partial charge is 0.135 e. The predicted octanol–water partition coefficient (Wildman–Crippen LogP) is 2.61. The summed E-state index contributed by atoms with van der Waals surface area (Å²) in [6.07, 6.45) is 6.62. The lowest BCUT2D eigenvalue weighted by Crippen LogP contribution is -2.55. The van der Waals surface area contributed by atoms with Crippen LogP contribution >= 0.6 is 0 Å². The van der Waals surface area contributed by atoms with Gasteiger partial charge in [0.25, 0.3) is 0 Å². The van der Waals surface area contributed by atoms with Gasteiger partial charge in [-0.05, 0) is 36.1 Å². The predicted molar refractivity (Wildman–Crippen MR) is 117 cm³/mol. The maximum Gasteiger partial charge on any atom is 0.135 e. The molecule has 2 aliphatic rings. The second-order valence-corrected chi connectivity index (χ2v) is 7.99. The number of piperidine rings is 1. The first-order valence-electron chi connectivity index (χ1n) is 10.5. The molecule has 3 aromatic rings. The van der Waals surface area contributed by atoms with Gasteiger partial charge in [0.2, 0.25) is 0 Å². The molecule has 1 unspecified atom stereocenters. The molecule has 2 atom stereocenters. The summed E-state index contributed by atoms with van der Waals surface area (Å²) in [6, 6.07) is 14.6. The molecule has 0 amide bonds. The van der Waals surface area contributed by atoms with E-state index in [0.717, 1.165) is 49.8 Å². The Bertz CT molecular complexity index is 998. The topological polar surface area (TPSA) is 77.4 Å². The molecule has 5 rings (SSSR count). The SMILES string of the molecule is O[C@H]1CN(c2cc(Nc3cccnc3)ncn2)CCC1N1CCc2ccccc2C1. The van der Waals surface area contributed by atoms with E-state index in [0.29, 0.717) is 6.54 Å². The third-order valence-corrected chi connectivity index (χ3v) is 6.09. The molecule has 0 aliphatic carbocycles. The average Bonchev–Trinajstić information content (AvgIpc) is 2.79. The zero-order chi connectivity index (χ0) is 20.3. The summed E-state index contributed by atoms with van der Waals surface area (Å²) in [6.45, 7) is 3.37. The van der Waals surface area contributed by atoms with Gasteiger partial charge in [-0.15, -0.1) is 0 Å². The number of nitrogens with one attached hydrogen (secondary N) is 1. The van der Waals surface area contributed by atoms with Crippen LogP contribution in [0.25, 0.3) is 0 Å². The highest BCUT2D eigenvalue weighted by Crippen LogP contribution is 2.27. The van der Waals surface area contributed by atoms with Crippen molar-refractivity contribution in [3.8, 4) is 0 Å². The molecule has 0 spiro atoms. The van der Waals surface area contributed by atoms with E-state index >= 15 is 0 Å². The van der Waals surface area contributed by atoms with E-state index in [4.69, 9.17) is 0 Å². The molecule has 4 heterocycles. The molecule has 2 aliphatic heterocycles. The van der Waals surface area contributed by atoms with Crippen LogP contribution < -0.4 is 10.2 Å². The number of hydrogen-bond acceptors (Lipinski definition) is 7. The van der Waals surface area contributed by atoms with Crippen molar-refractivity contribution in [1.82, 2.24) is 19.9 Å². The average molecular weight is 403 g/mol. The fourth-order valence-corrected chi connectivity index (χ4v) is 4.53. The molecule has 30 heavy (non-hydrogen) atoms. The molecular weight excluding hydrogens is 376 g/mol. The number of benzene rings is 1. The van der Waals surface area contributed by atoms with Crippen LogP contribution in [-0.2, 0) is 13.0 Å². The number of aliphatic hydroxyl groups excluding tert-OH is 1. The third kappa shape index (κ3) is 3.99. The molecule has 2 N–H and O–H groups in total. The lowest BCUT2D eigenvalue weighted by Gasteiger charge is -2.43. The van der Waals surface area contributed by atoms with Gasteiger partial charge in [-0.25, -0.2) is 9.97 Å². The van der Waals surface area contributed by atoms with E-state index in [-0.39, 0.29) is 6.04 Å². The number of nitrogens with zero attached hydrogens (tertiary/aromatic N) is 5. The Hall–Kier alpha value is -3.03. The van der Waals surface area contributed by atoms with Gasteiger partial charge in [-0.3, -0.25) is 9.88 Å². The first-order chi connectivity index (χ1) is 14.8. The van der Waals surface area contributed by atoms with Crippen molar-refractivity contribution in [2.45, 2.75) is 31.5 Å². The number of anilines is 3. The minimum atomic E-state index is -0.409. The van der Waals surface area contributed by atoms with E-state index in [1.807, 2.05) is 18.2 Å². The highest BCUT2D eigenvalue weighted by atomic mass is 16.3. The number of β-amino-alcohol motifs (C(OH)–C–C–N with tert-alkyl or cyclic N) is 1. The zero-order valence-corrected chi connectivity index (χ0v) is 16.9. The normalized spacial score (nSPS) is 21.8. The minimum Gasteiger partial charge on any atom is -0.390 e. The van der Waals surface area contributed by atoms with Crippen molar-refractivity contribution in [1.29, 1.82) is 0 Å². The summed E-state index contributed by atoms with van der Waals surface area (Å²) in [5.41, 5.74) is 3.71. The van der Waals surface area contributed by atoms with Crippen LogP contribution in [0.15, 0.2) is 61.2 Å². The van der Waals surface area contributed by atoms with Crippen molar-refractivity contribution in [2.75, 3.05) is 29.9 Å². The minimum absolute atomic E-state index is 0.185. The molecule has 2 aromatic heterocycles. The lowest BCUT2D eigenvalue weighted by atomic mass is 9.94. The quantitative estimate of drug-likeness (QED) is 0.695. The Morgan fingerprint density at radius 1 is 1.03 bits per heavy atom. The number of rotatable bonds is 4. The standard InChI is InChI=1S/C23H26N6O/c30-21-15-29(23-12-22(25-16-26-23)27-19-6-3-9-24-13-19)11-8-20(21)28-10-7-17-4-1-2-5-18(17)14-28/h1-6,9,12-13,16,20-21,30H,7-8,10-11,14-15H2,(H,25,26,27)/t20?,21-/m0/s1. The van der Waals surface area contributed by atoms with Gasteiger partial charge >= 0.3 is 0 Å². The Kier molecular flexibility index (Phi) is 5.29. The number of hydrogen-bond donors (Lipinski definition) is 2. The van der Waals surface area contributed by atoms with Gasteiger partial charge in [-0.1, -0.05) is 24.3 Å². The van der Waals surface area contributed by atoms with Crippen molar-refractivity contribution in [3.63, 3.8) is 0 Å². The maximum absolute atomic E-state index is 11.0. The Balaban J connectivity index is 1.25. The molecule has 1 aromatic carbocycles. The van der Waals surface area contributed by atoms with E-state index in [2.05, 4.69) is 54.3 Å². The molecule has 0 saturated carbocycles. The fraction of sp³-hybridized carbons (Fsp3) is 0.348. The van der Waals surface area contributed by atoms with Crippen LogP contribution in [0.2, 0.25) is 0 Å². The molecule has 0 bridgehead atoms. The van der Waals surface area contributed by atoms with Gasteiger partial charge in [0.05, 0.1) is 18.0 Å². The van der Waals surface area contributed by atoms with E-state index in [9.17, 15) is 5.11 Å². The number of fused-ring (bicyclic) bond motifs is 1. The van der Waals surface area contributed by atoms with Crippen LogP contribution in [0.4, 0.5) is 17.3 Å². The van der Waals surface area contributed by atoms with Crippen molar-refractivity contribution >= 4 is 17.3 Å². The van der Waals surface area contributed by atoms with Crippen LogP contribution in [0.3, 0.4) is 0 Å². The molecule has 1 fully saturated rings. The lowest BCUT2D eigenvalue weighted by molar-refractivity contribution is 0.0293. The molecule has 7 nitrogen and oxygen atoms in total. The monoisotopic (exact) mass is 402 g/mol. The fourth-order valence-electron chi connectivity index (χ4n) is 4.53. The summed E-state index contributed by atoms with van der Waals surface area (Å²) < 4.78 is 0. The number of aliphatic hydroxyl groups is 1. The van der Waals surface area contributed by atoms with Crippen molar-refractivity contribution in [2.24, 2.45) is 0 Å². The molecule has 0 radical (unpaired) electrons. The second-order valence-electron chi connectivity index (χ2n) is 7.99. The first-order valence-corrected chi connectivity index (χ1v) is 10.5. The number of pyridine rings is 1. The van der Waals surface area contributed by atoms with Gasteiger partial charge in [0.15, 0.2) is 0 Å². The summed E-state index contributed by atoms with van der Waals surface area (Å²) in [5.74, 6) is 1.55. The van der Waals surface area contributed by atoms with Gasteiger partial charge in [0, 0.05) is 44.5 Å². The van der Waals surface area contributed by atoms with Crippen LogP contribution in [-0.4, -0.2) is 56.7 Å². The molecule has 1 saturated heterocycles. The van der Waals surface area contributed by atoms with Gasteiger partial charge in [0.1, 0.15) is 18.0 Å².